The van der Waals surface area contributed by atoms with Gasteiger partial charge >= 0.3 is 0 Å². The highest BCUT2D eigenvalue weighted by atomic mass is 19.1. The summed E-state index contributed by atoms with van der Waals surface area (Å²) in [5, 5.41) is 0. The molecular formula is C19H21FN2O2. The number of carbonyl (C=O) groups is 2. The van der Waals surface area contributed by atoms with Crippen LogP contribution in [0.2, 0.25) is 0 Å². The molecule has 0 saturated heterocycles. The van der Waals surface area contributed by atoms with E-state index in [9.17, 15) is 14.0 Å². The zero-order chi connectivity index (χ0) is 17.4. The Bertz CT molecular complexity index is 682. The van der Waals surface area contributed by atoms with Gasteiger partial charge in [0.2, 0.25) is 5.91 Å². The monoisotopic (exact) mass is 328 g/mol. The molecule has 0 bridgehead atoms. The highest BCUT2D eigenvalue weighted by Crippen LogP contribution is 2.08. The van der Waals surface area contributed by atoms with Crippen LogP contribution in [0.15, 0.2) is 48.5 Å². The van der Waals surface area contributed by atoms with E-state index in [4.69, 9.17) is 0 Å². The SMILES string of the molecule is CCCCc1ccc(C(=O)NNC(=O)Cc2ccc(F)cc2)cc1. The number of aryl methyl sites for hydroxylation is 1. The zero-order valence-corrected chi connectivity index (χ0v) is 13.6. The summed E-state index contributed by atoms with van der Waals surface area (Å²) in [6.07, 6.45) is 3.30. The van der Waals surface area contributed by atoms with Crippen molar-refractivity contribution in [2.45, 2.75) is 32.6 Å². The van der Waals surface area contributed by atoms with Crippen LogP contribution in [0.4, 0.5) is 4.39 Å². The molecule has 24 heavy (non-hydrogen) atoms. The van der Waals surface area contributed by atoms with Gasteiger partial charge in [0.25, 0.3) is 5.91 Å². The molecule has 0 unspecified atom stereocenters. The van der Waals surface area contributed by atoms with E-state index < -0.39 is 0 Å². The minimum atomic E-state index is -0.371. The molecule has 0 heterocycles. The van der Waals surface area contributed by atoms with Crippen LogP contribution < -0.4 is 10.9 Å². The second kappa shape index (κ2) is 8.82. The lowest BCUT2D eigenvalue weighted by molar-refractivity contribution is -0.121. The van der Waals surface area contributed by atoms with Gasteiger partial charge in [0, 0.05) is 5.56 Å². The summed E-state index contributed by atoms with van der Waals surface area (Å²) in [5.41, 5.74) is 7.08. The van der Waals surface area contributed by atoms with Crippen molar-refractivity contribution in [3.63, 3.8) is 0 Å². The summed E-state index contributed by atoms with van der Waals surface area (Å²) < 4.78 is 12.8. The Balaban J connectivity index is 1.81. The Hall–Kier alpha value is -2.69. The quantitative estimate of drug-likeness (QED) is 0.800. The van der Waals surface area contributed by atoms with E-state index >= 15 is 0 Å². The highest BCUT2D eigenvalue weighted by Gasteiger charge is 2.08. The first-order valence-electron chi connectivity index (χ1n) is 8.01. The summed E-state index contributed by atoms with van der Waals surface area (Å²) >= 11 is 0. The number of halogens is 1. The van der Waals surface area contributed by atoms with E-state index in [1.165, 1.54) is 29.8 Å². The second-order valence-electron chi connectivity index (χ2n) is 5.61. The molecule has 4 nitrogen and oxygen atoms in total. The van der Waals surface area contributed by atoms with Crippen LogP contribution >= 0.6 is 0 Å². The Kier molecular flexibility index (Phi) is 6.49. The Morgan fingerprint density at radius 1 is 0.917 bits per heavy atom. The fourth-order valence-corrected chi connectivity index (χ4v) is 2.23. The molecule has 2 aromatic rings. The lowest BCUT2D eigenvalue weighted by atomic mass is 10.1. The van der Waals surface area contributed by atoms with E-state index in [0.29, 0.717) is 11.1 Å². The lowest BCUT2D eigenvalue weighted by Crippen LogP contribution is -2.42. The number of benzene rings is 2. The van der Waals surface area contributed by atoms with Gasteiger partial charge in [0.05, 0.1) is 6.42 Å². The smallest absolute Gasteiger partial charge is 0.269 e. The molecule has 2 rings (SSSR count). The average Bonchev–Trinajstić information content (AvgIpc) is 2.60. The second-order valence-corrected chi connectivity index (χ2v) is 5.61. The summed E-state index contributed by atoms with van der Waals surface area (Å²) in [6.45, 7) is 2.14. The van der Waals surface area contributed by atoms with E-state index in [1.54, 1.807) is 12.1 Å². The molecule has 0 aliphatic carbocycles. The minimum Gasteiger partial charge on any atom is -0.273 e. The average molecular weight is 328 g/mol. The van der Waals surface area contributed by atoms with Gasteiger partial charge in [-0.05, 0) is 48.2 Å². The van der Waals surface area contributed by atoms with E-state index in [2.05, 4.69) is 17.8 Å². The molecule has 2 amide bonds. The van der Waals surface area contributed by atoms with Gasteiger partial charge in [-0.2, -0.15) is 0 Å². The maximum atomic E-state index is 12.8. The predicted octanol–water partition coefficient (Wildman–Crippen LogP) is 3.17. The molecule has 0 atom stereocenters. The molecule has 5 heteroatoms. The first kappa shape index (κ1) is 17.7. The minimum absolute atomic E-state index is 0.0660. The Labute approximate surface area is 141 Å². The van der Waals surface area contributed by atoms with Gasteiger partial charge in [0.15, 0.2) is 0 Å². The third-order valence-electron chi connectivity index (χ3n) is 3.63. The molecule has 0 aliphatic rings. The number of rotatable bonds is 6. The number of nitrogens with one attached hydrogen (secondary N) is 2. The zero-order valence-electron chi connectivity index (χ0n) is 13.6. The van der Waals surface area contributed by atoms with Crippen LogP contribution in [-0.4, -0.2) is 11.8 Å². The van der Waals surface area contributed by atoms with E-state index in [-0.39, 0.29) is 24.1 Å². The molecule has 0 fully saturated rings. The van der Waals surface area contributed by atoms with Crippen LogP contribution in [-0.2, 0) is 17.6 Å². The third kappa shape index (κ3) is 5.50. The molecule has 0 aliphatic heterocycles. The molecule has 0 aromatic heterocycles. The largest absolute Gasteiger partial charge is 0.273 e. The van der Waals surface area contributed by atoms with E-state index in [0.717, 1.165) is 19.3 Å². The highest BCUT2D eigenvalue weighted by molar-refractivity contribution is 5.95. The Morgan fingerprint density at radius 2 is 1.54 bits per heavy atom. The van der Waals surface area contributed by atoms with Crippen LogP contribution in [0, 0.1) is 5.82 Å². The van der Waals surface area contributed by atoms with Crippen molar-refractivity contribution < 1.29 is 14.0 Å². The van der Waals surface area contributed by atoms with Crippen LogP contribution in [0.1, 0.15) is 41.3 Å². The molecule has 0 spiro atoms. The summed E-state index contributed by atoms with van der Waals surface area (Å²) in [6, 6.07) is 13.0. The lowest BCUT2D eigenvalue weighted by Gasteiger charge is -2.08. The van der Waals surface area contributed by atoms with Crippen molar-refractivity contribution in [1.82, 2.24) is 10.9 Å². The molecular weight excluding hydrogens is 307 g/mol. The van der Waals surface area contributed by atoms with Crippen LogP contribution in [0.3, 0.4) is 0 Å². The van der Waals surface area contributed by atoms with Crippen molar-refractivity contribution in [2.24, 2.45) is 0 Å². The summed E-state index contributed by atoms with van der Waals surface area (Å²) in [4.78, 5) is 23.8. The maximum Gasteiger partial charge on any atom is 0.269 e. The van der Waals surface area contributed by atoms with Gasteiger partial charge in [-0.3, -0.25) is 20.4 Å². The van der Waals surface area contributed by atoms with Gasteiger partial charge < -0.3 is 0 Å². The van der Waals surface area contributed by atoms with Crippen molar-refractivity contribution in [1.29, 1.82) is 0 Å². The molecule has 2 N–H and O–H groups in total. The van der Waals surface area contributed by atoms with Gasteiger partial charge in [-0.15, -0.1) is 0 Å². The first-order valence-corrected chi connectivity index (χ1v) is 8.01. The third-order valence-corrected chi connectivity index (χ3v) is 3.63. The summed E-state index contributed by atoms with van der Waals surface area (Å²) in [7, 11) is 0. The van der Waals surface area contributed by atoms with Crippen molar-refractivity contribution in [2.75, 3.05) is 0 Å². The van der Waals surface area contributed by atoms with Crippen molar-refractivity contribution >= 4 is 11.8 Å². The Morgan fingerprint density at radius 3 is 2.17 bits per heavy atom. The number of amides is 2. The molecule has 2 aromatic carbocycles. The van der Waals surface area contributed by atoms with Crippen molar-refractivity contribution in [3.05, 3.63) is 71.0 Å². The van der Waals surface area contributed by atoms with Crippen LogP contribution in [0.5, 0.6) is 0 Å². The number of unbranched alkanes of at least 4 members (excludes halogenated alkanes) is 1. The van der Waals surface area contributed by atoms with Gasteiger partial charge in [-0.25, -0.2) is 4.39 Å². The number of hydrogen-bond acceptors (Lipinski definition) is 2. The molecule has 126 valence electrons. The standard InChI is InChI=1S/C19H21FN2O2/c1-2-3-4-14-5-9-16(10-6-14)19(24)22-21-18(23)13-15-7-11-17(20)12-8-15/h5-12H,2-4,13H2,1H3,(H,21,23)(H,22,24). The first-order chi connectivity index (χ1) is 11.6. The van der Waals surface area contributed by atoms with Crippen molar-refractivity contribution in [3.8, 4) is 0 Å². The van der Waals surface area contributed by atoms with Crippen LogP contribution in [0.25, 0.3) is 0 Å². The normalized spacial score (nSPS) is 10.2. The molecule has 0 saturated carbocycles. The topological polar surface area (TPSA) is 58.2 Å². The van der Waals surface area contributed by atoms with E-state index in [1.807, 2.05) is 12.1 Å². The fourth-order valence-electron chi connectivity index (χ4n) is 2.23. The number of hydrazine groups is 1. The van der Waals surface area contributed by atoms with Gasteiger partial charge in [-0.1, -0.05) is 37.6 Å². The summed E-state index contributed by atoms with van der Waals surface area (Å²) in [5.74, 6) is -1.09. The fraction of sp³-hybridized carbons (Fsp3) is 0.263. The molecule has 0 radical (unpaired) electrons. The predicted molar refractivity (Wildman–Crippen MR) is 90.8 cm³/mol. The maximum absolute atomic E-state index is 12.8. The number of carbonyl (C=O) groups excluding carboxylic acids is 2. The van der Waals surface area contributed by atoms with Gasteiger partial charge in [0.1, 0.15) is 5.82 Å². The number of hydrogen-bond donors (Lipinski definition) is 2.